The van der Waals surface area contributed by atoms with E-state index in [4.69, 9.17) is 21.1 Å². The Labute approximate surface area is 186 Å². The number of hydrogen-bond donors (Lipinski definition) is 2. The zero-order valence-corrected chi connectivity index (χ0v) is 18.1. The second-order valence-corrected chi connectivity index (χ2v) is 7.31. The molecule has 162 valence electrons. The predicted molar refractivity (Wildman–Crippen MR) is 122 cm³/mol. The minimum Gasteiger partial charge on any atom is -0.490 e. The zero-order valence-electron chi connectivity index (χ0n) is 17.4. The highest BCUT2D eigenvalue weighted by Crippen LogP contribution is 2.29. The van der Waals surface area contributed by atoms with Crippen molar-refractivity contribution in [1.82, 2.24) is 0 Å². The summed E-state index contributed by atoms with van der Waals surface area (Å²) in [6.07, 6.45) is 0. The van der Waals surface area contributed by atoms with Crippen molar-refractivity contribution in [3.8, 4) is 11.5 Å². The lowest BCUT2D eigenvalue weighted by Gasteiger charge is -2.15. The molecule has 0 fully saturated rings. The summed E-state index contributed by atoms with van der Waals surface area (Å²) in [4.78, 5) is 12.1. The van der Waals surface area contributed by atoms with Gasteiger partial charge in [0.2, 0.25) is 0 Å². The van der Waals surface area contributed by atoms with Gasteiger partial charge < -0.3 is 20.1 Å². The molecule has 7 heteroatoms. The van der Waals surface area contributed by atoms with Crippen LogP contribution in [0.2, 0.25) is 5.02 Å². The van der Waals surface area contributed by atoms with Crippen LogP contribution in [0, 0.1) is 12.7 Å². The first-order chi connectivity index (χ1) is 14.9. The molecule has 0 spiro atoms. The summed E-state index contributed by atoms with van der Waals surface area (Å²) in [5, 5.41) is 6.70. The minimum atomic E-state index is -0.365. The number of aryl methyl sites for hydroxylation is 1. The molecule has 5 nitrogen and oxygen atoms in total. The molecule has 31 heavy (non-hydrogen) atoms. The highest BCUT2D eigenvalue weighted by Gasteiger charge is 2.10. The lowest BCUT2D eigenvalue weighted by atomic mass is 10.1. The molecule has 0 saturated heterocycles. The lowest BCUT2D eigenvalue weighted by Crippen LogP contribution is -2.20. The molecule has 1 amide bonds. The fourth-order valence-corrected chi connectivity index (χ4v) is 3.08. The van der Waals surface area contributed by atoms with Gasteiger partial charge in [-0.25, -0.2) is 4.39 Å². The Morgan fingerprint density at radius 3 is 2.52 bits per heavy atom. The van der Waals surface area contributed by atoms with E-state index < -0.39 is 0 Å². The van der Waals surface area contributed by atoms with Crippen LogP contribution in [-0.2, 0) is 11.3 Å². The number of rotatable bonds is 9. The van der Waals surface area contributed by atoms with Crippen molar-refractivity contribution >= 4 is 28.9 Å². The summed E-state index contributed by atoms with van der Waals surface area (Å²) in [5.74, 6) is 0.310. The van der Waals surface area contributed by atoms with Crippen molar-refractivity contribution in [3.63, 3.8) is 0 Å². The normalized spacial score (nSPS) is 10.5. The Bertz CT molecular complexity index is 1040. The quantitative estimate of drug-likeness (QED) is 0.438. The van der Waals surface area contributed by atoms with E-state index in [1.807, 2.05) is 44.2 Å². The van der Waals surface area contributed by atoms with Gasteiger partial charge in [0.25, 0.3) is 5.91 Å². The average Bonchev–Trinajstić information content (AvgIpc) is 2.75. The number of ether oxygens (including phenoxy) is 2. The average molecular weight is 443 g/mol. The lowest BCUT2D eigenvalue weighted by molar-refractivity contribution is -0.118. The number of nitrogens with one attached hydrogen (secondary N) is 2. The number of carbonyl (C=O) groups is 1. The molecule has 3 aromatic carbocycles. The Hall–Kier alpha value is -3.25. The van der Waals surface area contributed by atoms with Gasteiger partial charge in [0.05, 0.1) is 6.61 Å². The van der Waals surface area contributed by atoms with Crippen LogP contribution in [0.3, 0.4) is 0 Å². The molecule has 0 atom stereocenters. The van der Waals surface area contributed by atoms with Gasteiger partial charge in [-0.15, -0.1) is 0 Å². The summed E-state index contributed by atoms with van der Waals surface area (Å²) < 4.78 is 24.3. The Balaban J connectivity index is 1.62. The predicted octanol–water partition coefficient (Wildman–Crippen LogP) is 5.82. The van der Waals surface area contributed by atoms with Crippen molar-refractivity contribution in [2.75, 3.05) is 23.8 Å². The second-order valence-electron chi connectivity index (χ2n) is 6.87. The van der Waals surface area contributed by atoms with Crippen LogP contribution in [0.4, 0.5) is 15.8 Å². The van der Waals surface area contributed by atoms with Gasteiger partial charge in [-0.1, -0.05) is 23.7 Å². The molecule has 3 aromatic rings. The molecule has 0 unspecified atom stereocenters. The third-order valence-corrected chi connectivity index (χ3v) is 4.71. The maximum absolute atomic E-state index is 13.0. The van der Waals surface area contributed by atoms with Crippen LogP contribution >= 0.6 is 11.6 Å². The van der Waals surface area contributed by atoms with Gasteiger partial charge in [-0.05, 0) is 73.5 Å². The summed E-state index contributed by atoms with van der Waals surface area (Å²) in [7, 11) is 0. The molecule has 0 saturated carbocycles. The summed E-state index contributed by atoms with van der Waals surface area (Å²) in [6, 6.07) is 16.8. The fourth-order valence-electron chi connectivity index (χ4n) is 2.91. The van der Waals surface area contributed by atoms with E-state index in [9.17, 15) is 9.18 Å². The van der Waals surface area contributed by atoms with Crippen LogP contribution in [0.25, 0.3) is 0 Å². The van der Waals surface area contributed by atoms with Gasteiger partial charge in [0.1, 0.15) is 5.82 Å². The molecule has 0 bridgehead atoms. The third-order valence-electron chi connectivity index (χ3n) is 4.48. The molecule has 0 aliphatic rings. The monoisotopic (exact) mass is 442 g/mol. The molecule has 0 aliphatic heterocycles. The number of benzene rings is 3. The molecule has 2 N–H and O–H groups in total. The maximum Gasteiger partial charge on any atom is 0.262 e. The van der Waals surface area contributed by atoms with Crippen LogP contribution in [0.15, 0.2) is 60.7 Å². The largest absolute Gasteiger partial charge is 0.490 e. The third kappa shape index (κ3) is 6.62. The fraction of sp³-hybridized carbons (Fsp3) is 0.208. The smallest absolute Gasteiger partial charge is 0.262 e. The number of amides is 1. The Kier molecular flexibility index (Phi) is 7.73. The molecule has 0 aromatic heterocycles. The first kappa shape index (κ1) is 22.4. The SMILES string of the molecule is CCOc1cc(CNc2cc(Cl)ccc2C)ccc1OCC(=O)Nc1ccc(F)cc1. The van der Waals surface area contributed by atoms with E-state index in [1.165, 1.54) is 24.3 Å². The van der Waals surface area contributed by atoms with Gasteiger partial charge in [-0.3, -0.25) is 4.79 Å². The molecule has 0 heterocycles. The topological polar surface area (TPSA) is 59.6 Å². The van der Waals surface area contributed by atoms with E-state index in [1.54, 1.807) is 6.07 Å². The Morgan fingerprint density at radius 2 is 1.77 bits per heavy atom. The van der Waals surface area contributed by atoms with E-state index >= 15 is 0 Å². The van der Waals surface area contributed by atoms with Crippen molar-refractivity contribution in [3.05, 3.63) is 82.6 Å². The summed E-state index contributed by atoms with van der Waals surface area (Å²) >= 11 is 6.08. The number of carbonyl (C=O) groups excluding carboxylic acids is 1. The first-order valence-electron chi connectivity index (χ1n) is 9.88. The van der Waals surface area contributed by atoms with Crippen LogP contribution < -0.4 is 20.1 Å². The number of hydrogen-bond acceptors (Lipinski definition) is 4. The standard InChI is InChI=1S/C24H24ClFN2O3/c1-3-30-23-12-17(14-27-21-13-18(25)6-4-16(21)2)5-11-22(23)31-15-24(29)28-20-9-7-19(26)8-10-20/h4-13,27H,3,14-15H2,1-2H3,(H,28,29). The highest BCUT2D eigenvalue weighted by atomic mass is 35.5. The molecule has 0 aliphatic carbocycles. The van der Waals surface area contributed by atoms with Crippen LogP contribution in [0.5, 0.6) is 11.5 Å². The molecular formula is C24H24ClFN2O3. The van der Waals surface area contributed by atoms with Crippen molar-refractivity contribution in [2.45, 2.75) is 20.4 Å². The number of anilines is 2. The number of halogens is 2. The highest BCUT2D eigenvalue weighted by molar-refractivity contribution is 6.30. The zero-order chi connectivity index (χ0) is 22.2. The second kappa shape index (κ2) is 10.7. The molecular weight excluding hydrogens is 419 g/mol. The Morgan fingerprint density at radius 1 is 1.00 bits per heavy atom. The van der Waals surface area contributed by atoms with E-state index in [2.05, 4.69) is 10.6 Å². The van der Waals surface area contributed by atoms with E-state index in [-0.39, 0.29) is 18.3 Å². The van der Waals surface area contributed by atoms with Crippen molar-refractivity contribution in [2.24, 2.45) is 0 Å². The minimum absolute atomic E-state index is 0.198. The first-order valence-corrected chi connectivity index (χ1v) is 10.3. The molecule has 3 rings (SSSR count). The maximum atomic E-state index is 13.0. The van der Waals surface area contributed by atoms with Gasteiger partial charge >= 0.3 is 0 Å². The molecule has 0 radical (unpaired) electrons. The van der Waals surface area contributed by atoms with Crippen molar-refractivity contribution < 1.29 is 18.7 Å². The van der Waals surface area contributed by atoms with Crippen molar-refractivity contribution in [1.29, 1.82) is 0 Å². The van der Waals surface area contributed by atoms with Gasteiger partial charge in [-0.2, -0.15) is 0 Å². The van der Waals surface area contributed by atoms with E-state index in [0.717, 1.165) is 16.8 Å². The summed E-state index contributed by atoms with van der Waals surface area (Å²) in [6.45, 7) is 4.73. The van der Waals surface area contributed by atoms with Gasteiger partial charge in [0.15, 0.2) is 18.1 Å². The van der Waals surface area contributed by atoms with Crippen LogP contribution in [-0.4, -0.2) is 19.1 Å². The van der Waals surface area contributed by atoms with Crippen LogP contribution in [0.1, 0.15) is 18.1 Å². The van der Waals surface area contributed by atoms with E-state index in [0.29, 0.717) is 35.4 Å². The van der Waals surface area contributed by atoms with Gasteiger partial charge in [0, 0.05) is 22.9 Å². The summed E-state index contributed by atoms with van der Waals surface area (Å²) in [5.41, 5.74) is 3.55.